The van der Waals surface area contributed by atoms with Crippen LogP contribution in [0.25, 0.3) is 0 Å². The summed E-state index contributed by atoms with van der Waals surface area (Å²) in [6, 6.07) is 3.34. The summed E-state index contributed by atoms with van der Waals surface area (Å²) in [5, 5.41) is 9.75. The predicted octanol–water partition coefficient (Wildman–Crippen LogP) is 1.46. The molecule has 0 saturated carbocycles. The fourth-order valence-corrected chi connectivity index (χ4v) is 1.99. The van der Waals surface area contributed by atoms with E-state index in [0.717, 1.165) is 18.5 Å². The van der Waals surface area contributed by atoms with E-state index in [9.17, 15) is 9.90 Å². The van der Waals surface area contributed by atoms with Crippen LogP contribution in [0.4, 0.5) is 5.82 Å². The molecule has 0 aliphatic rings. The number of aromatic nitrogens is 1. The molecule has 3 N–H and O–H groups in total. The zero-order valence-corrected chi connectivity index (χ0v) is 12.1. The maximum absolute atomic E-state index is 12.3. The van der Waals surface area contributed by atoms with E-state index in [2.05, 4.69) is 4.98 Å². The zero-order chi connectivity index (χ0) is 14.6. The minimum absolute atomic E-state index is 0.159. The predicted molar refractivity (Wildman–Crippen MR) is 75.9 cm³/mol. The van der Waals surface area contributed by atoms with Crippen LogP contribution in [0, 0.1) is 0 Å². The average molecular weight is 265 g/mol. The molecule has 0 aliphatic heterocycles. The molecule has 5 heteroatoms. The third-order valence-electron chi connectivity index (χ3n) is 2.62. The summed E-state index contributed by atoms with van der Waals surface area (Å²) in [6.45, 7) is 5.64. The summed E-state index contributed by atoms with van der Waals surface area (Å²) < 4.78 is 0. The number of amides is 1. The van der Waals surface area contributed by atoms with Crippen molar-refractivity contribution in [3.8, 4) is 0 Å². The summed E-state index contributed by atoms with van der Waals surface area (Å²) >= 11 is 0. The maximum Gasteiger partial charge on any atom is 0.253 e. The fourth-order valence-electron chi connectivity index (χ4n) is 1.99. The largest absolute Gasteiger partial charge is 0.389 e. The van der Waals surface area contributed by atoms with Gasteiger partial charge in [-0.15, -0.1) is 0 Å². The second-order valence-corrected chi connectivity index (χ2v) is 5.50. The number of nitrogens with two attached hydrogens (primary N) is 1. The molecule has 0 bridgehead atoms. The molecule has 106 valence electrons. The number of nitrogens with zero attached hydrogens (tertiary/aromatic N) is 2. The van der Waals surface area contributed by atoms with Gasteiger partial charge in [0.1, 0.15) is 5.82 Å². The Morgan fingerprint density at radius 2 is 2.11 bits per heavy atom. The Labute approximate surface area is 114 Å². The normalized spacial score (nSPS) is 11.4. The average Bonchev–Trinajstić information content (AvgIpc) is 2.25. The molecule has 0 spiro atoms. The Bertz CT molecular complexity index is 452. The SMILES string of the molecule is CCCc1cc(C(=O)N(C)CC(C)(C)O)cc(N)n1. The number of aliphatic hydroxyl groups is 1. The number of anilines is 1. The highest BCUT2D eigenvalue weighted by Crippen LogP contribution is 2.13. The van der Waals surface area contributed by atoms with Crippen molar-refractivity contribution in [3.05, 3.63) is 23.4 Å². The van der Waals surface area contributed by atoms with Gasteiger partial charge in [0.05, 0.1) is 5.60 Å². The highest BCUT2D eigenvalue weighted by molar-refractivity contribution is 5.94. The molecule has 1 aromatic heterocycles. The van der Waals surface area contributed by atoms with Crippen LogP contribution >= 0.6 is 0 Å². The molecule has 0 aliphatic carbocycles. The van der Waals surface area contributed by atoms with Crippen LogP contribution in [0.1, 0.15) is 43.2 Å². The van der Waals surface area contributed by atoms with Crippen LogP contribution in [0.3, 0.4) is 0 Å². The van der Waals surface area contributed by atoms with Crippen molar-refractivity contribution >= 4 is 11.7 Å². The highest BCUT2D eigenvalue weighted by atomic mass is 16.3. The van der Waals surface area contributed by atoms with Crippen molar-refractivity contribution in [1.82, 2.24) is 9.88 Å². The van der Waals surface area contributed by atoms with Crippen LogP contribution in [-0.4, -0.2) is 40.1 Å². The zero-order valence-electron chi connectivity index (χ0n) is 12.1. The van der Waals surface area contributed by atoms with Gasteiger partial charge in [-0.2, -0.15) is 0 Å². The highest BCUT2D eigenvalue weighted by Gasteiger charge is 2.21. The monoisotopic (exact) mass is 265 g/mol. The van der Waals surface area contributed by atoms with Crippen molar-refractivity contribution in [1.29, 1.82) is 0 Å². The van der Waals surface area contributed by atoms with Gasteiger partial charge in [-0.25, -0.2) is 4.98 Å². The van der Waals surface area contributed by atoms with E-state index in [4.69, 9.17) is 5.73 Å². The summed E-state index contributed by atoms with van der Waals surface area (Å²) in [6.07, 6.45) is 1.74. The third kappa shape index (κ3) is 4.87. The summed E-state index contributed by atoms with van der Waals surface area (Å²) in [5.41, 5.74) is 6.14. The molecule has 1 rings (SSSR count). The van der Waals surface area contributed by atoms with Crippen LogP contribution in [0.15, 0.2) is 12.1 Å². The number of aryl methyl sites for hydroxylation is 1. The van der Waals surface area contributed by atoms with E-state index >= 15 is 0 Å². The lowest BCUT2D eigenvalue weighted by molar-refractivity contribution is 0.0368. The van der Waals surface area contributed by atoms with Gasteiger partial charge in [0.15, 0.2) is 0 Å². The Morgan fingerprint density at radius 1 is 1.47 bits per heavy atom. The van der Waals surface area contributed by atoms with Gasteiger partial charge in [0.25, 0.3) is 5.91 Å². The van der Waals surface area contributed by atoms with Gasteiger partial charge < -0.3 is 15.7 Å². The van der Waals surface area contributed by atoms with Gasteiger partial charge in [-0.05, 0) is 32.4 Å². The molecule has 0 unspecified atom stereocenters. The van der Waals surface area contributed by atoms with Crippen LogP contribution in [-0.2, 0) is 6.42 Å². The van der Waals surface area contributed by atoms with Crippen LogP contribution < -0.4 is 5.73 Å². The number of nitrogen functional groups attached to an aromatic ring is 1. The number of carbonyl (C=O) groups excluding carboxylic acids is 1. The topological polar surface area (TPSA) is 79.5 Å². The van der Waals surface area contributed by atoms with Crippen LogP contribution in [0.5, 0.6) is 0 Å². The Hall–Kier alpha value is -1.62. The van der Waals surface area contributed by atoms with Gasteiger partial charge in [0, 0.05) is 24.8 Å². The van der Waals surface area contributed by atoms with Crippen molar-refractivity contribution in [2.75, 3.05) is 19.3 Å². The molecule has 0 aromatic carbocycles. The van der Waals surface area contributed by atoms with Crippen molar-refractivity contribution in [2.45, 2.75) is 39.2 Å². The fraction of sp³-hybridized carbons (Fsp3) is 0.571. The van der Waals surface area contributed by atoms with Crippen molar-refractivity contribution in [3.63, 3.8) is 0 Å². The maximum atomic E-state index is 12.3. The number of likely N-dealkylation sites (N-methyl/N-ethyl adjacent to an activating group) is 1. The molecule has 0 fully saturated rings. The number of hydrogen-bond acceptors (Lipinski definition) is 4. The standard InChI is InChI=1S/C14H23N3O2/c1-5-6-11-7-10(8-12(15)16-11)13(18)17(4)9-14(2,3)19/h7-8,19H,5-6,9H2,1-4H3,(H2,15,16). The molecule has 1 aromatic rings. The molecular weight excluding hydrogens is 242 g/mol. The van der Waals surface area contributed by atoms with E-state index in [-0.39, 0.29) is 12.5 Å². The first-order chi connectivity index (χ1) is 8.73. The van der Waals surface area contributed by atoms with E-state index in [1.165, 1.54) is 4.90 Å². The number of rotatable bonds is 5. The van der Waals surface area contributed by atoms with Crippen molar-refractivity contribution < 1.29 is 9.90 Å². The van der Waals surface area contributed by atoms with Gasteiger partial charge in [-0.3, -0.25) is 4.79 Å². The summed E-state index contributed by atoms with van der Waals surface area (Å²) in [5.74, 6) is 0.194. The minimum Gasteiger partial charge on any atom is -0.389 e. The molecule has 5 nitrogen and oxygen atoms in total. The first-order valence-corrected chi connectivity index (χ1v) is 6.47. The Balaban J connectivity index is 2.92. The van der Waals surface area contributed by atoms with Crippen molar-refractivity contribution in [2.24, 2.45) is 0 Å². The molecule has 0 atom stereocenters. The van der Waals surface area contributed by atoms with Gasteiger partial charge in [0.2, 0.25) is 0 Å². The Kier molecular flexibility index (Phi) is 4.89. The Morgan fingerprint density at radius 3 is 2.63 bits per heavy atom. The molecule has 0 saturated heterocycles. The lowest BCUT2D eigenvalue weighted by Crippen LogP contribution is -2.39. The van der Waals surface area contributed by atoms with Crippen LogP contribution in [0.2, 0.25) is 0 Å². The number of pyridine rings is 1. The molecule has 19 heavy (non-hydrogen) atoms. The second-order valence-electron chi connectivity index (χ2n) is 5.50. The van der Waals surface area contributed by atoms with E-state index < -0.39 is 5.60 Å². The first kappa shape index (κ1) is 15.4. The quantitative estimate of drug-likeness (QED) is 0.844. The molecule has 0 radical (unpaired) electrons. The van der Waals surface area contributed by atoms with E-state index in [1.807, 2.05) is 6.92 Å². The summed E-state index contributed by atoms with van der Waals surface area (Å²) in [4.78, 5) is 18.0. The molecular formula is C14H23N3O2. The molecule has 1 heterocycles. The summed E-state index contributed by atoms with van der Waals surface area (Å²) in [7, 11) is 1.66. The first-order valence-electron chi connectivity index (χ1n) is 6.47. The number of hydrogen-bond donors (Lipinski definition) is 2. The number of carbonyl (C=O) groups is 1. The molecule has 1 amide bonds. The van der Waals surface area contributed by atoms with E-state index in [1.54, 1.807) is 33.0 Å². The lowest BCUT2D eigenvalue weighted by atomic mass is 10.1. The lowest BCUT2D eigenvalue weighted by Gasteiger charge is -2.25. The third-order valence-corrected chi connectivity index (χ3v) is 2.62. The minimum atomic E-state index is -0.921. The van der Waals surface area contributed by atoms with Gasteiger partial charge in [-0.1, -0.05) is 13.3 Å². The van der Waals surface area contributed by atoms with Gasteiger partial charge >= 0.3 is 0 Å². The van der Waals surface area contributed by atoms with E-state index in [0.29, 0.717) is 11.4 Å². The second kappa shape index (κ2) is 6.02. The smallest absolute Gasteiger partial charge is 0.253 e.